The van der Waals surface area contributed by atoms with Crippen LogP contribution in [0.15, 0.2) is 24.3 Å². The van der Waals surface area contributed by atoms with Gasteiger partial charge in [-0.05, 0) is 30.7 Å². The summed E-state index contributed by atoms with van der Waals surface area (Å²) in [6.45, 7) is 1.28. The van der Waals surface area contributed by atoms with Crippen LogP contribution in [0.1, 0.15) is 12.0 Å². The van der Waals surface area contributed by atoms with Crippen molar-refractivity contribution in [2.75, 3.05) is 20.3 Å². The molecule has 0 spiro atoms. The Hall–Kier alpha value is -1.10. The second kappa shape index (κ2) is 6.00. The molecule has 0 radical (unpaired) electrons. The number of hydrogen-bond donors (Lipinski definition) is 1. The quantitative estimate of drug-likeness (QED) is 0.839. The second-order valence-electron chi connectivity index (χ2n) is 4.15. The Morgan fingerprint density at radius 2 is 2.35 bits per heavy atom. The third-order valence-electron chi connectivity index (χ3n) is 2.84. The second-order valence-corrected chi connectivity index (χ2v) is 4.15. The highest BCUT2D eigenvalue weighted by molar-refractivity contribution is 5.28. The van der Waals surface area contributed by atoms with Crippen LogP contribution in [0.2, 0.25) is 0 Å². The molecule has 1 aromatic rings. The van der Waals surface area contributed by atoms with Gasteiger partial charge in [-0.3, -0.25) is 0 Å². The van der Waals surface area contributed by atoms with Gasteiger partial charge in [-0.15, -0.1) is 0 Å². The predicted octanol–water partition coefficient (Wildman–Crippen LogP) is 1.33. The standard InChI is InChI=1S/C13H19NO3/c1-15-11-4-2-3-10(7-11)8-13-16-9-12(17-13)5-6-14/h2-4,7,12-13H,5-6,8-9,14H2,1H3. The van der Waals surface area contributed by atoms with Crippen LogP contribution in [0.5, 0.6) is 5.75 Å². The molecular formula is C13H19NO3. The average molecular weight is 237 g/mol. The van der Waals surface area contributed by atoms with E-state index in [4.69, 9.17) is 19.9 Å². The number of ether oxygens (including phenoxy) is 3. The maximum absolute atomic E-state index is 5.74. The number of nitrogens with two attached hydrogens (primary N) is 1. The molecule has 0 aliphatic carbocycles. The first-order valence-electron chi connectivity index (χ1n) is 5.92. The highest BCUT2D eigenvalue weighted by atomic mass is 16.7. The fraction of sp³-hybridized carbons (Fsp3) is 0.538. The van der Waals surface area contributed by atoms with E-state index in [9.17, 15) is 0 Å². The van der Waals surface area contributed by atoms with Gasteiger partial charge in [-0.2, -0.15) is 0 Å². The van der Waals surface area contributed by atoms with Crippen LogP contribution in [0.3, 0.4) is 0 Å². The molecular weight excluding hydrogens is 218 g/mol. The van der Waals surface area contributed by atoms with Gasteiger partial charge in [0.15, 0.2) is 6.29 Å². The van der Waals surface area contributed by atoms with Crippen LogP contribution < -0.4 is 10.5 Å². The van der Waals surface area contributed by atoms with Gasteiger partial charge in [-0.25, -0.2) is 0 Å². The molecule has 1 fully saturated rings. The van der Waals surface area contributed by atoms with Gasteiger partial charge in [0, 0.05) is 6.42 Å². The summed E-state index contributed by atoms with van der Waals surface area (Å²) < 4.78 is 16.5. The van der Waals surface area contributed by atoms with Crippen molar-refractivity contribution < 1.29 is 14.2 Å². The maximum atomic E-state index is 5.74. The summed E-state index contributed by atoms with van der Waals surface area (Å²) in [5.74, 6) is 0.860. The highest BCUT2D eigenvalue weighted by Crippen LogP contribution is 2.20. The minimum Gasteiger partial charge on any atom is -0.497 e. The maximum Gasteiger partial charge on any atom is 0.162 e. The lowest BCUT2D eigenvalue weighted by Gasteiger charge is -2.11. The third kappa shape index (κ3) is 3.43. The van der Waals surface area contributed by atoms with E-state index in [1.54, 1.807) is 7.11 Å². The number of hydrogen-bond acceptors (Lipinski definition) is 4. The van der Waals surface area contributed by atoms with Gasteiger partial charge in [0.05, 0.1) is 19.8 Å². The van der Waals surface area contributed by atoms with Crippen molar-refractivity contribution >= 4 is 0 Å². The first-order valence-corrected chi connectivity index (χ1v) is 5.92. The fourth-order valence-corrected chi connectivity index (χ4v) is 1.94. The summed E-state index contributed by atoms with van der Waals surface area (Å²) in [7, 11) is 1.67. The van der Waals surface area contributed by atoms with E-state index >= 15 is 0 Å². The zero-order valence-electron chi connectivity index (χ0n) is 10.1. The zero-order chi connectivity index (χ0) is 12.1. The number of methoxy groups -OCH3 is 1. The van der Waals surface area contributed by atoms with E-state index in [1.165, 1.54) is 0 Å². The molecule has 2 unspecified atom stereocenters. The molecule has 0 bridgehead atoms. The van der Waals surface area contributed by atoms with Crippen molar-refractivity contribution in [1.29, 1.82) is 0 Å². The highest BCUT2D eigenvalue weighted by Gasteiger charge is 2.25. The molecule has 1 aliphatic rings. The van der Waals surface area contributed by atoms with Gasteiger partial charge in [0.2, 0.25) is 0 Å². The summed E-state index contributed by atoms with van der Waals surface area (Å²) in [6, 6.07) is 7.95. The van der Waals surface area contributed by atoms with Crippen LogP contribution in [-0.2, 0) is 15.9 Å². The Kier molecular flexibility index (Phi) is 4.36. The van der Waals surface area contributed by atoms with Gasteiger partial charge < -0.3 is 19.9 Å². The summed E-state index contributed by atoms with van der Waals surface area (Å²) in [5.41, 5.74) is 6.65. The molecule has 2 rings (SSSR count). The van der Waals surface area contributed by atoms with Gasteiger partial charge in [0.25, 0.3) is 0 Å². The van der Waals surface area contributed by atoms with Crippen LogP contribution in [-0.4, -0.2) is 32.7 Å². The summed E-state index contributed by atoms with van der Waals surface area (Å²) in [4.78, 5) is 0. The van der Waals surface area contributed by atoms with E-state index in [1.807, 2.05) is 24.3 Å². The monoisotopic (exact) mass is 237 g/mol. The molecule has 0 aromatic heterocycles. The topological polar surface area (TPSA) is 53.7 Å². The van der Waals surface area contributed by atoms with Crippen molar-refractivity contribution in [2.45, 2.75) is 25.2 Å². The Morgan fingerprint density at radius 1 is 1.47 bits per heavy atom. The lowest BCUT2D eigenvalue weighted by molar-refractivity contribution is -0.0563. The van der Waals surface area contributed by atoms with E-state index in [2.05, 4.69) is 0 Å². The first-order chi connectivity index (χ1) is 8.31. The Labute approximate surface area is 102 Å². The molecule has 1 saturated heterocycles. The zero-order valence-corrected chi connectivity index (χ0v) is 10.1. The van der Waals surface area contributed by atoms with Crippen LogP contribution in [0, 0.1) is 0 Å². The SMILES string of the molecule is COc1cccc(CC2OCC(CCN)O2)c1. The van der Waals surface area contributed by atoms with Crippen molar-refractivity contribution in [1.82, 2.24) is 0 Å². The third-order valence-corrected chi connectivity index (χ3v) is 2.84. The van der Waals surface area contributed by atoms with Crippen LogP contribution in [0.25, 0.3) is 0 Å². The number of rotatable bonds is 5. The van der Waals surface area contributed by atoms with E-state index in [0.717, 1.165) is 24.2 Å². The molecule has 0 amide bonds. The molecule has 0 saturated carbocycles. The summed E-state index contributed by atoms with van der Waals surface area (Å²) in [5, 5.41) is 0. The van der Waals surface area contributed by atoms with Gasteiger partial charge in [-0.1, -0.05) is 12.1 Å². The van der Waals surface area contributed by atoms with Crippen LogP contribution >= 0.6 is 0 Å². The molecule has 2 atom stereocenters. The smallest absolute Gasteiger partial charge is 0.162 e. The predicted molar refractivity (Wildman–Crippen MR) is 65.0 cm³/mol. The molecule has 17 heavy (non-hydrogen) atoms. The fourth-order valence-electron chi connectivity index (χ4n) is 1.94. The van der Waals surface area contributed by atoms with Gasteiger partial charge >= 0.3 is 0 Å². The Balaban J connectivity index is 1.88. The van der Waals surface area contributed by atoms with E-state index in [-0.39, 0.29) is 12.4 Å². The van der Waals surface area contributed by atoms with E-state index < -0.39 is 0 Å². The molecule has 94 valence electrons. The minimum atomic E-state index is -0.154. The molecule has 1 heterocycles. The molecule has 1 aromatic carbocycles. The largest absolute Gasteiger partial charge is 0.497 e. The van der Waals surface area contributed by atoms with Crippen molar-refractivity contribution in [3.63, 3.8) is 0 Å². The lowest BCUT2D eigenvalue weighted by Crippen LogP contribution is -2.17. The van der Waals surface area contributed by atoms with Crippen molar-refractivity contribution in [2.24, 2.45) is 5.73 Å². The minimum absolute atomic E-state index is 0.149. The van der Waals surface area contributed by atoms with Gasteiger partial charge in [0.1, 0.15) is 5.75 Å². The van der Waals surface area contributed by atoms with Crippen LogP contribution in [0.4, 0.5) is 0 Å². The average Bonchev–Trinajstić information content (AvgIpc) is 2.77. The molecule has 4 heteroatoms. The van der Waals surface area contributed by atoms with Crippen molar-refractivity contribution in [3.05, 3.63) is 29.8 Å². The van der Waals surface area contributed by atoms with Crippen molar-refractivity contribution in [3.8, 4) is 5.75 Å². The summed E-state index contributed by atoms with van der Waals surface area (Å²) >= 11 is 0. The Bertz CT molecular complexity index is 356. The number of benzene rings is 1. The first kappa shape index (κ1) is 12.4. The molecule has 1 aliphatic heterocycles. The Morgan fingerprint density at radius 3 is 3.12 bits per heavy atom. The lowest BCUT2D eigenvalue weighted by atomic mass is 10.1. The normalized spacial score (nSPS) is 23.9. The van der Waals surface area contributed by atoms with E-state index in [0.29, 0.717) is 13.2 Å². The molecule has 2 N–H and O–H groups in total. The summed E-state index contributed by atoms with van der Waals surface area (Å²) in [6.07, 6.45) is 1.60. The molecule has 4 nitrogen and oxygen atoms in total.